The summed E-state index contributed by atoms with van der Waals surface area (Å²) in [7, 11) is 0. The van der Waals surface area contributed by atoms with Crippen molar-refractivity contribution < 1.29 is 10.0 Å². The van der Waals surface area contributed by atoms with E-state index in [1.807, 2.05) is 6.92 Å². The third kappa shape index (κ3) is 3.58. The minimum atomic E-state index is -0.391. The summed E-state index contributed by atoms with van der Waals surface area (Å²) in [5, 5.41) is 22.6. The molecule has 0 saturated carbocycles. The lowest BCUT2D eigenvalue weighted by Crippen LogP contribution is -2.30. The van der Waals surface area contributed by atoms with Crippen molar-refractivity contribution in [1.29, 1.82) is 0 Å². The molecule has 0 bridgehead atoms. The maximum atomic E-state index is 10.4. The van der Waals surface area contributed by atoms with Gasteiger partial charge >= 0.3 is 5.00 Å². The van der Waals surface area contributed by atoms with E-state index in [1.54, 1.807) is 6.07 Å². The predicted octanol–water partition coefficient (Wildman–Crippen LogP) is 1.52. The van der Waals surface area contributed by atoms with Crippen LogP contribution in [0.3, 0.4) is 0 Å². The first kappa shape index (κ1) is 12.1. The quantitative estimate of drug-likeness (QED) is 0.574. The molecule has 1 aromatic rings. The second-order valence-electron chi connectivity index (χ2n) is 3.17. The Morgan fingerprint density at radius 3 is 2.87 bits per heavy atom. The van der Waals surface area contributed by atoms with Gasteiger partial charge in [0.05, 0.1) is 11.5 Å². The second-order valence-corrected chi connectivity index (χ2v) is 4.31. The van der Waals surface area contributed by atoms with Crippen LogP contribution >= 0.6 is 11.3 Å². The van der Waals surface area contributed by atoms with Crippen LogP contribution in [0.25, 0.3) is 0 Å². The van der Waals surface area contributed by atoms with Crippen molar-refractivity contribution in [2.24, 2.45) is 0 Å². The summed E-state index contributed by atoms with van der Waals surface area (Å²) in [6.45, 7) is 2.63. The third-order valence-electron chi connectivity index (χ3n) is 2.11. The summed E-state index contributed by atoms with van der Waals surface area (Å²) in [5.74, 6) is 0. The van der Waals surface area contributed by atoms with E-state index in [0.717, 1.165) is 22.6 Å². The Kier molecular flexibility index (Phi) is 4.67. The fraction of sp³-hybridized carbons (Fsp3) is 0.556. The molecule has 1 rings (SSSR count). The molecule has 0 aliphatic rings. The van der Waals surface area contributed by atoms with Gasteiger partial charge in [0.2, 0.25) is 0 Å². The first-order chi connectivity index (χ1) is 7.17. The maximum Gasteiger partial charge on any atom is 0.324 e. The van der Waals surface area contributed by atoms with Crippen LogP contribution in [0.4, 0.5) is 5.00 Å². The lowest BCUT2D eigenvalue weighted by molar-refractivity contribution is -0.380. The highest BCUT2D eigenvalue weighted by molar-refractivity contribution is 7.15. The molecule has 5 nitrogen and oxygen atoms in total. The smallest absolute Gasteiger partial charge is 0.324 e. The largest absolute Gasteiger partial charge is 0.395 e. The molecule has 0 aromatic carbocycles. The molecular formula is C9H14N2O3S. The molecule has 0 aliphatic carbocycles. The number of rotatable bonds is 6. The van der Waals surface area contributed by atoms with Crippen LogP contribution in [0, 0.1) is 10.1 Å². The van der Waals surface area contributed by atoms with Gasteiger partial charge in [-0.15, -0.1) is 0 Å². The van der Waals surface area contributed by atoms with E-state index in [4.69, 9.17) is 5.11 Å². The molecule has 0 radical (unpaired) electrons. The SMILES string of the molecule is CC[C@H](CO)NCc1ccc([N+](=O)[O-])s1. The van der Waals surface area contributed by atoms with Gasteiger partial charge in [0.1, 0.15) is 0 Å². The van der Waals surface area contributed by atoms with Crippen LogP contribution in [0.1, 0.15) is 18.2 Å². The van der Waals surface area contributed by atoms with Crippen LogP contribution in [0.5, 0.6) is 0 Å². The van der Waals surface area contributed by atoms with Crippen molar-refractivity contribution in [3.05, 3.63) is 27.1 Å². The van der Waals surface area contributed by atoms with Crippen molar-refractivity contribution in [3.63, 3.8) is 0 Å². The minimum Gasteiger partial charge on any atom is -0.395 e. The molecule has 0 spiro atoms. The number of aliphatic hydroxyl groups is 1. The first-order valence-corrected chi connectivity index (χ1v) is 5.56. The Morgan fingerprint density at radius 1 is 1.67 bits per heavy atom. The number of nitro groups is 1. The Balaban J connectivity index is 2.47. The molecule has 1 atom stereocenters. The summed E-state index contributed by atoms with van der Waals surface area (Å²) in [4.78, 5) is 10.9. The van der Waals surface area contributed by atoms with Gasteiger partial charge in [-0.25, -0.2) is 0 Å². The average molecular weight is 230 g/mol. The number of hydrogen-bond donors (Lipinski definition) is 2. The van der Waals surface area contributed by atoms with Crippen LogP contribution in [-0.4, -0.2) is 22.7 Å². The highest BCUT2D eigenvalue weighted by atomic mass is 32.1. The van der Waals surface area contributed by atoms with E-state index >= 15 is 0 Å². The average Bonchev–Trinajstić information content (AvgIpc) is 2.68. The summed E-state index contributed by atoms with van der Waals surface area (Å²) in [6, 6.07) is 3.30. The zero-order chi connectivity index (χ0) is 11.3. The predicted molar refractivity (Wildman–Crippen MR) is 59.0 cm³/mol. The van der Waals surface area contributed by atoms with Crippen molar-refractivity contribution in [2.45, 2.75) is 25.9 Å². The normalized spacial score (nSPS) is 12.7. The molecule has 0 aliphatic heterocycles. The lowest BCUT2D eigenvalue weighted by atomic mass is 10.2. The highest BCUT2D eigenvalue weighted by Crippen LogP contribution is 2.23. The van der Waals surface area contributed by atoms with Crippen LogP contribution in [0.2, 0.25) is 0 Å². The summed E-state index contributed by atoms with van der Waals surface area (Å²) >= 11 is 1.16. The van der Waals surface area contributed by atoms with E-state index in [0.29, 0.717) is 6.54 Å². The van der Waals surface area contributed by atoms with Crippen molar-refractivity contribution in [2.75, 3.05) is 6.61 Å². The lowest BCUT2D eigenvalue weighted by Gasteiger charge is -2.12. The molecule has 1 heterocycles. The number of thiophene rings is 1. The molecular weight excluding hydrogens is 216 g/mol. The monoisotopic (exact) mass is 230 g/mol. The van der Waals surface area contributed by atoms with E-state index in [1.165, 1.54) is 6.07 Å². The van der Waals surface area contributed by atoms with E-state index in [2.05, 4.69) is 5.32 Å². The molecule has 84 valence electrons. The number of hydrogen-bond acceptors (Lipinski definition) is 5. The zero-order valence-corrected chi connectivity index (χ0v) is 9.29. The van der Waals surface area contributed by atoms with Crippen molar-refractivity contribution in [1.82, 2.24) is 5.32 Å². The Bertz CT molecular complexity index is 323. The van der Waals surface area contributed by atoms with Crippen LogP contribution in [0.15, 0.2) is 12.1 Å². The van der Waals surface area contributed by atoms with Gasteiger partial charge in [-0.05, 0) is 12.5 Å². The number of nitrogens with zero attached hydrogens (tertiary/aromatic N) is 1. The second kappa shape index (κ2) is 5.79. The van der Waals surface area contributed by atoms with E-state index in [-0.39, 0.29) is 17.6 Å². The van der Waals surface area contributed by atoms with Crippen molar-refractivity contribution >= 4 is 16.3 Å². The van der Waals surface area contributed by atoms with Gasteiger partial charge in [0, 0.05) is 23.5 Å². The zero-order valence-electron chi connectivity index (χ0n) is 8.47. The topological polar surface area (TPSA) is 75.4 Å². The molecule has 0 saturated heterocycles. The Morgan fingerprint density at radius 2 is 2.40 bits per heavy atom. The summed E-state index contributed by atoms with van der Waals surface area (Å²) in [5.41, 5.74) is 0. The maximum absolute atomic E-state index is 10.4. The number of nitrogens with one attached hydrogen (secondary N) is 1. The van der Waals surface area contributed by atoms with Crippen LogP contribution in [-0.2, 0) is 6.54 Å². The van der Waals surface area contributed by atoms with Crippen molar-refractivity contribution in [3.8, 4) is 0 Å². The molecule has 6 heteroatoms. The van der Waals surface area contributed by atoms with Crippen LogP contribution < -0.4 is 5.32 Å². The molecule has 1 aromatic heterocycles. The van der Waals surface area contributed by atoms with Gasteiger partial charge in [-0.2, -0.15) is 0 Å². The fourth-order valence-corrected chi connectivity index (χ4v) is 1.91. The first-order valence-electron chi connectivity index (χ1n) is 4.74. The van der Waals surface area contributed by atoms with Gasteiger partial charge < -0.3 is 10.4 Å². The Labute approximate surface area is 91.9 Å². The van der Waals surface area contributed by atoms with E-state index in [9.17, 15) is 10.1 Å². The van der Waals surface area contributed by atoms with Gasteiger partial charge in [0.25, 0.3) is 0 Å². The summed E-state index contributed by atoms with van der Waals surface area (Å²) in [6.07, 6.45) is 0.837. The standard InChI is InChI=1S/C9H14N2O3S/c1-2-7(6-12)10-5-8-3-4-9(15-8)11(13)14/h3-4,7,10,12H,2,5-6H2,1H3/t7-/m1/s1. The van der Waals surface area contributed by atoms with Gasteiger partial charge in [-0.1, -0.05) is 18.3 Å². The van der Waals surface area contributed by atoms with E-state index < -0.39 is 4.92 Å². The van der Waals surface area contributed by atoms with Gasteiger partial charge in [0.15, 0.2) is 0 Å². The number of aliphatic hydroxyl groups excluding tert-OH is 1. The minimum absolute atomic E-state index is 0.0613. The molecule has 15 heavy (non-hydrogen) atoms. The molecule has 0 fully saturated rings. The molecule has 0 amide bonds. The molecule has 0 unspecified atom stereocenters. The van der Waals surface area contributed by atoms with Gasteiger partial charge in [-0.3, -0.25) is 10.1 Å². The highest BCUT2D eigenvalue weighted by Gasteiger charge is 2.10. The fourth-order valence-electron chi connectivity index (χ4n) is 1.14. The molecule has 2 N–H and O–H groups in total. The summed E-state index contributed by atoms with van der Waals surface area (Å²) < 4.78 is 0. The third-order valence-corrected chi connectivity index (χ3v) is 3.14. The Hall–Kier alpha value is -0.980.